The number of H-pyrrole nitrogens is 1. The zero-order chi connectivity index (χ0) is 22.3. The van der Waals surface area contributed by atoms with Crippen LogP contribution in [0.3, 0.4) is 0 Å². The molecule has 2 aliphatic rings. The van der Waals surface area contributed by atoms with E-state index in [0.29, 0.717) is 28.5 Å². The van der Waals surface area contributed by atoms with Crippen molar-refractivity contribution in [2.75, 3.05) is 0 Å². The Morgan fingerprint density at radius 3 is 2.56 bits per heavy atom. The summed E-state index contributed by atoms with van der Waals surface area (Å²) < 4.78 is 8.68. The smallest absolute Gasteiger partial charge is 0.261 e. The topological polar surface area (TPSA) is 89.0 Å². The van der Waals surface area contributed by atoms with Crippen LogP contribution in [-0.2, 0) is 4.74 Å². The lowest BCUT2D eigenvalue weighted by Gasteiger charge is -2.44. The van der Waals surface area contributed by atoms with Gasteiger partial charge in [0.05, 0.1) is 34.6 Å². The van der Waals surface area contributed by atoms with Gasteiger partial charge in [-0.25, -0.2) is 4.98 Å². The normalized spacial score (nSPS) is 28.1. The molecule has 4 aromatic rings. The van der Waals surface area contributed by atoms with Crippen LogP contribution in [0.1, 0.15) is 61.1 Å². The minimum Gasteiger partial charge on any atom is -0.354 e. The monoisotopic (exact) mass is 430 g/mol. The zero-order valence-corrected chi connectivity index (χ0v) is 18.6. The molecule has 2 amide bonds. The van der Waals surface area contributed by atoms with Crippen LogP contribution in [0, 0.1) is 17.8 Å². The molecule has 2 aromatic carbocycles. The molecule has 164 valence electrons. The van der Waals surface area contributed by atoms with E-state index >= 15 is 0 Å². The minimum absolute atomic E-state index is 0.154. The third-order valence-corrected chi connectivity index (χ3v) is 7.84. The number of benzene rings is 2. The van der Waals surface area contributed by atoms with E-state index in [2.05, 4.69) is 47.5 Å². The number of fused-ring (bicyclic) bond motifs is 8. The van der Waals surface area contributed by atoms with Gasteiger partial charge in [-0.1, -0.05) is 45.9 Å². The van der Waals surface area contributed by atoms with Gasteiger partial charge in [-0.3, -0.25) is 14.9 Å². The number of nitrogens with zero attached hydrogens (tertiary/aromatic N) is 2. The number of aromatic amines is 1. The number of amides is 2. The molecule has 32 heavy (non-hydrogen) atoms. The quantitative estimate of drug-likeness (QED) is 0.448. The number of aromatic nitrogens is 3. The first-order valence-electron chi connectivity index (χ1n) is 11.4. The fourth-order valence-electron chi connectivity index (χ4n) is 5.77. The van der Waals surface area contributed by atoms with Crippen LogP contribution in [0.4, 0.5) is 0 Å². The van der Waals surface area contributed by atoms with Crippen molar-refractivity contribution in [1.29, 1.82) is 0 Å². The lowest BCUT2D eigenvalue weighted by molar-refractivity contribution is -0.166. The summed E-state index contributed by atoms with van der Waals surface area (Å²) >= 11 is 0. The number of carbonyl (C=O) groups is 2. The van der Waals surface area contributed by atoms with E-state index in [-0.39, 0.29) is 24.2 Å². The maximum absolute atomic E-state index is 12.8. The molecule has 0 bridgehead atoms. The molecule has 0 aliphatic carbocycles. The summed E-state index contributed by atoms with van der Waals surface area (Å²) in [4.78, 5) is 33.8. The van der Waals surface area contributed by atoms with Crippen molar-refractivity contribution in [2.24, 2.45) is 17.8 Å². The largest absolute Gasteiger partial charge is 0.354 e. The Kier molecular flexibility index (Phi) is 4.05. The van der Waals surface area contributed by atoms with Crippen molar-refractivity contribution in [3.8, 4) is 0 Å². The van der Waals surface area contributed by atoms with Crippen LogP contribution in [0.15, 0.2) is 30.6 Å². The van der Waals surface area contributed by atoms with Crippen molar-refractivity contribution in [3.63, 3.8) is 0 Å². The fraction of sp³-hybridized carbons (Fsp3) is 0.400. The Bertz CT molecular complexity index is 1430. The summed E-state index contributed by atoms with van der Waals surface area (Å²) in [5, 5.41) is 4.16. The van der Waals surface area contributed by atoms with Gasteiger partial charge in [0.2, 0.25) is 0 Å². The molecule has 4 heterocycles. The lowest BCUT2D eigenvalue weighted by atomic mass is 9.77. The number of carbonyl (C=O) groups excluding carboxylic acids is 2. The first-order chi connectivity index (χ1) is 15.4. The van der Waals surface area contributed by atoms with E-state index in [1.54, 1.807) is 6.33 Å². The summed E-state index contributed by atoms with van der Waals surface area (Å²) in [6, 6.07) is 7.87. The van der Waals surface area contributed by atoms with E-state index in [0.717, 1.165) is 33.7 Å². The van der Waals surface area contributed by atoms with Crippen molar-refractivity contribution >= 4 is 44.7 Å². The standard InChI is InChI=1S/C25H26N4O3/c1-5-16-12(3)11(2)13(4)25(32-16)29-10-26-20-19-18(23(30)28-24(19)31)17-14-8-6-7-9-15(14)27-21(17)22(20)29/h6-13,16,25,27H,5H2,1-4H3,(H,28,30,31). The predicted molar refractivity (Wildman–Crippen MR) is 123 cm³/mol. The van der Waals surface area contributed by atoms with Gasteiger partial charge in [0.15, 0.2) is 0 Å². The van der Waals surface area contributed by atoms with Gasteiger partial charge >= 0.3 is 0 Å². The first-order valence-corrected chi connectivity index (χ1v) is 11.4. The number of rotatable bonds is 2. The molecule has 2 N–H and O–H groups in total. The second kappa shape index (κ2) is 6.65. The number of hydrogen-bond acceptors (Lipinski definition) is 4. The number of imidazole rings is 1. The summed E-state index contributed by atoms with van der Waals surface area (Å²) in [6.45, 7) is 8.92. The lowest BCUT2D eigenvalue weighted by Crippen LogP contribution is -2.42. The number of nitrogens with one attached hydrogen (secondary N) is 2. The van der Waals surface area contributed by atoms with E-state index in [1.165, 1.54) is 0 Å². The summed E-state index contributed by atoms with van der Waals surface area (Å²) in [6.07, 6.45) is 2.66. The van der Waals surface area contributed by atoms with Crippen LogP contribution in [0.2, 0.25) is 0 Å². The molecule has 7 heteroatoms. The van der Waals surface area contributed by atoms with Crippen molar-refractivity contribution < 1.29 is 14.3 Å². The minimum atomic E-state index is -0.390. The number of ether oxygens (including phenoxy) is 1. The Labute approximate surface area is 185 Å². The maximum atomic E-state index is 12.8. The van der Waals surface area contributed by atoms with Crippen LogP contribution < -0.4 is 5.32 Å². The van der Waals surface area contributed by atoms with Crippen LogP contribution in [0.5, 0.6) is 0 Å². The van der Waals surface area contributed by atoms with Gasteiger partial charge in [-0.2, -0.15) is 0 Å². The molecular weight excluding hydrogens is 404 g/mol. The Morgan fingerprint density at radius 1 is 1.03 bits per heavy atom. The van der Waals surface area contributed by atoms with Crippen molar-refractivity contribution in [2.45, 2.75) is 46.4 Å². The molecule has 5 atom stereocenters. The fourth-order valence-corrected chi connectivity index (χ4v) is 5.77. The highest BCUT2D eigenvalue weighted by Gasteiger charge is 2.41. The molecule has 1 fully saturated rings. The van der Waals surface area contributed by atoms with Gasteiger partial charge in [0.1, 0.15) is 11.7 Å². The summed E-state index contributed by atoms with van der Waals surface area (Å²) in [5.74, 6) is 0.425. The molecule has 5 unspecified atom stereocenters. The van der Waals surface area contributed by atoms with Crippen LogP contribution >= 0.6 is 0 Å². The molecule has 7 nitrogen and oxygen atoms in total. The van der Waals surface area contributed by atoms with Gasteiger partial charge < -0.3 is 14.3 Å². The second-order valence-corrected chi connectivity index (χ2v) is 9.35. The van der Waals surface area contributed by atoms with E-state index in [9.17, 15) is 9.59 Å². The molecule has 6 rings (SSSR count). The van der Waals surface area contributed by atoms with E-state index in [4.69, 9.17) is 4.74 Å². The third-order valence-electron chi connectivity index (χ3n) is 7.84. The second-order valence-electron chi connectivity index (χ2n) is 9.35. The van der Waals surface area contributed by atoms with E-state index < -0.39 is 5.91 Å². The molecule has 0 radical (unpaired) electrons. The Balaban J connectivity index is 1.70. The van der Waals surface area contributed by atoms with Gasteiger partial charge in [0.25, 0.3) is 11.8 Å². The predicted octanol–water partition coefficient (Wildman–Crippen LogP) is 4.77. The average Bonchev–Trinajstić information content (AvgIpc) is 3.45. The molecule has 0 saturated carbocycles. The molecule has 2 aromatic heterocycles. The first kappa shape index (κ1) is 19.5. The highest BCUT2D eigenvalue weighted by Crippen LogP contribution is 2.45. The third kappa shape index (κ3) is 2.37. The van der Waals surface area contributed by atoms with Gasteiger partial charge in [-0.05, 0) is 24.3 Å². The summed E-state index contributed by atoms with van der Waals surface area (Å²) in [5.41, 5.74) is 3.86. The highest BCUT2D eigenvalue weighted by atomic mass is 16.5. The van der Waals surface area contributed by atoms with Crippen LogP contribution in [0.25, 0.3) is 32.8 Å². The molecular formula is C25H26N4O3. The van der Waals surface area contributed by atoms with Crippen LogP contribution in [-0.4, -0.2) is 32.5 Å². The Morgan fingerprint density at radius 2 is 1.78 bits per heavy atom. The van der Waals surface area contributed by atoms with Gasteiger partial charge in [-0.15, -0.1) is 0 Å². The Hall–Kier alpha value is -3.19. The molecule has 2 aliphatic heterocycles. The summed E-state index contributed by atoms with van der Waals surface area (Å²) in [7, 11) is 0. The SMILES string of the molecule is CCC1OC(n2cnc3c4c(c5c6ccccc6[nH]c5c32)C(=O)NC4=O)C(C)C(C)C1C. The number of imide groups is 1. The van der Waals surface area contributed by atoms with E-state index in [1.807, 2.05) is 24.3 Å². The van der Waals surface area contributed by atoms with Gasteiger partial charge in [0, 0.05) is 22.2 Å². The molecule has 0 spiro atoms. The highest BCUT2D eigenvalue weighted by molar-refractivity contribution is 6.35. The molecule has 1 saturated heterocycles. The van der Waals surface area contributed by atoms with Crippen molar-refractivity contribution in [1.82, 2.24) is 19.9 Å². The van der Waals surface area contributed by atoms with Crippen molar-refractivity contribution in [3.05, 3.63) is 41.7 Å². The zero-order valence-electron chi connectivity index (χ0n) is 18.6. The number of hydrogen-bond donors (Lipinski definition) is 2. The number of para-hydroxylation sites is 1. The average molecular weight is 431 g/mol. The maximum Gasteiger partial charge on any atom is 0.261 e.